The maximum Gasteiger partial charge on any atom is 0.228 e. The molecule has 2 aromatic carbocycles. The molecule has 0 saturated carbocycles. The molecule has 0 bridgehead atoms. The van der Waals surface area contributed by atoms with Gasteiger partial charge >= 0.3 is 0 Å². The third-order valence-electron chi connectivity index (χ3n) is 3.38. The SMILES string of the molecule is O=C1Cc2cc(C(Br)c3cccc(Cl)c3Cl)c(Cl)cc2N1. The summed E-state index contributed by atoms with van der Waals surface area (Å²) in [5.41, 5.74) is 3.40. The second kappa shape index (κ2) is 5.81. The normalized spacial score (nSPS) is 14.8. The first-order valence-electron chi connectivity index (χ1n) is 6.17. The van der Waals surface area contributed by atoms with E-state index >= 15 is 0 Å². The zero-order valence-corrected chi connectivity index (χ0v) is 14.4. The number of hydrogen-bond donors (Lipinski definition) is 1. The predicted octanol–water partition coefficient (Wildman–Crippen LogP) is 5.63. The van der Waals surface area contributed by atoms with Gasteiger partial charge in [0.1, 0.15) is 0 Å². The Morgan fingerprint density at radius 2 is 1.86 bits per heavy atom. The van der Waals surface area contributed by atoms with Crippen molar-refractivity contribution in [2.24, 2.45) is 0 Å². The summed E-state index contributed by atoms with van der Waals surface area (Å²) in [6, 6.07) is 9.15. The van der Waals surface area contributed by atoms with Gasteiger partial charge in [0.25, 0.3) is 0 Å². The number of hydrogen-bond acceptors (Lipinski definition) is 1. The zero-order valence-electron chi connectivity index (χ0n) is 10.6. The monoisotopic (exact) mass is 403 g/mol. The highest BCUT2D eigenvalue weighted by Crippen LogP contribution is 2.42. The van der Waals surface area contributed by atoms with E-state index in [0.717, 1.165) is 22.4 Å². The molecule has 1 aliphatic rings. The van der Waals surface area contributed by atoms with Gasteiger partial charge in [0, 0.05) is 10.7 Å². The standard InChI is InChI=1S/C15H9BrCl3NO/c16-14(8-2-1-3-10(17)15(8)19)9-4-7-5-13(21)20-12(7)6-11(9)18/h1-4,6,14H,5H2,(H,20,21). The Morgan fingerprint density at radius 3 is 2.62 bits per heavy atom. The number of anilines is 1. The molecule has 0 saturated heterocycles. The molecular weight excluding hydrogens is 396 g/mol. The zero-order chi connectivity index (χ0) is 15.1. The lowest BCUT2D eigenvalue weighted by Gasteiger charge is -2.16. The lowest BCUT2D eigenvalue weighted by atomic mass is 10.0. The van der Waals surface area contributed by atoms with Gasteiger partial charge in [-0.1, -0.05) is 68.9 Å². The number of amides is 1. The summed E-state index contributed by atoms with van der Waals surface area (Å²) in [5.74, 6) is -0.0230. The van der Waals surface area contributed by atoms with Crippen LogP contribution in [0.4, 0.5) is 5.69 Å². The van der Waals surface area contributed by atoms with Crippen molar-refractivity contribution in [1.82, 2.24) is 0 Å². The van der Waals surface area contributed by atoms with Crippen molar-refractivity contribution in [2.45, 2.75) is 11.2 Å². The summed E-state index contributed by atoms with van der Waals surface area (Å²) >= 11 is 22.3. The Balaban J connectivity index is 2.06. The quantitative estimate of drug-likeness (QED) is 0.645. The van der Waals surface area contributed by atoms with E-state index in [1.165, 1.54) is 0 Å². The molecule has 2 aromatic rings. The second-order valence-corrected chi connectivity index (χ2v) is 6.87. The van der Waals surface area contributed by atoms with E-state index in [4.69, 9.17) is 34.8 Å². The predicted molar refractivity (Wildman–Crippen MR) is 91.0 cm³/mol. The van der Waals surface area contributed by atoms with Crippen molar-refractivity contribution in [3.8, 4) is 0 Å². The van der Waals surface area contributed by atoms with Crippen molar-refractivity contribution in [3.05, 3.63) is 62.1 Å². The first kappa shape index (κ1) is 15.2. The smallest absolute Gasteiger partial charge is 0.228 e. The molecule has 3 rings (SSSR count). The average molecular weight is 406 g/mol. The Morgan fingerprint density at radius 1 is 1.10 bits per heavy atom. The van der Waals surface area contributed by atoms with Gasteiger partial charge in [-0.05, 0) is 28.8 Å². The molecule has 0 fully saturated rings. The minimum atomic E-state index is -0.197. The molecule has 6 heteroatoms. The van der Waals surface area contributed by atoms with Crippen molar-refractivity contribution < 1.29 is 4.79 Å². The van der Waals surface area contributed by atoms with Crippen LogP contribution < -0.4 is 5.32 Å². The number of fused-ring (bicyclic) bond motifs is 1. The Bertz CT molecular complexity index is 748. The lowest BCUT2D eigenvalue weighted by molar-refractivity contribution is -0.115. The number of alkyl halides is 1. The van der Waals surface area contributed by atoms with Gasteiger partial charge in [-0.2, -0.15) is 0 Å². The molecule has 0 spiro atoms. The maximum absolute atomic E-state index is 11.5. The summed E-state index contributed by atoms with van der Waals surface area (Å²) in [7, 11) is 0. The van der Waals surface area contributed by atoms with Gasteiger partial charge in [-0.15, -0.1) is 0 Å². The van der Waals surface area contributed by atoms with Crippen LogP contribution in [0.2, 0.25) is 15.1 Å². The van der Waals surface area contributed by atoms with Crippen LogP contribution in [0.1, 0.15) is 21.5 Å². The van der Waals surface area contributed by atoms with Crippen molar-refractivity contribution in [3.63, 3.8) is 0 Å². The summed E-state index contributed by atoms with van der Waals surface area (Å²) in [6.45, 7) is 0. The van der Waals surface area contributed by atoms with Crippen molar-refractivity contribution >= 4 is 62.3 Å². The van der Waals surface area contributed by atoms with E-state index < -0.39 is 0 Å². The van der Waals surface area contributed by atoms with Gasteiger partial charge in [0.2, 0.25) is 5.91 Å². The molecule has 108 valence electrons. The molecule has 0 aliphatic carbocycles. The first-order valence-corrected chi connectivity index (χ1v) is 8.22. The average Bonchev–Trinajstić information content (AvgIpc) is 2.79. The summed E-state index contributed by atoms with van der Waals surface area (Å²) in [5, 5.41) is 4.33. The van der Waals surface area contributed by atoms with Gasteiger partial charge in [-0.3, -0.25) is 4.79 Å². The number of nitrogens with one attached hydrogen (secondary N) is 1. The number of halogens is 4. The second-order valence-electron chi connectivity index (χ2n) is 4.76. The molecule has 1 heterocycles. The highest BCUT2D eigenvalue weighted by molar-refractivity contribution is 9.09. The third-order valence-corrected chi connectivity index (χ3v) is 5.52. The van der Waals surface area contributed by atoms with Crippen LogP contribution in [0.3, 0.4) is 0 Å². The van der Waals surface area contributed by atoms with Crippen LogP contribution in [0.5, 0.6) is 0 Å². The first-order chi connectivity index (χ1) is 9.97. The van der Waals surface area contributed by atoms with E-state index in [2.05, 4.69) is 21.2 Å². The largest absolute Gasteiger partial charge is 0.325 e. The number of benzene rings is 2. The molecule has 0 radical (unpaired) electrons. The lowest BCUT2D eigenvalue weighted by Crippen LogP contribution is -2.03. The molecule has 1 atom stereocenters. The van der Waals surface area contributed by atoms with Gasteiger partial charge in [0.05, 0.1) is 21.3 Å². The Hall–Kier alpha value is -0.740. The molecule has 1 aliphatic heterocycles. The summed E-state index contributed by atoms with van der Waals surface area (Å²) in [6.07, 6.45) is 0.364. The number of rotatable bonds is 2. The molecular formula is C15H9BrCl3NO. The van der Waals surface area contributed by atoms with Crippen molar-refractivity contribution in [2.75, 3.05) is 5.32 Å². The van der Waals surface area contributed by atoms with Crippen LogP contribution >= 0.6 is 50.7 Å². The van der Waals surface area contributed by atoms with Crippen LogP contribution in [0, 0.1) is 0 Å². The minimum absolute atomic E-state index is 0.0230. The molecule has 2 nitrogen and oxygen atoms in total. The molecule has 1 unspecified atom stereocenters. The van der Waals surface area contributed by atoms with Crippen LogP contribution in [0.15, 0.2) is 30.3 Å². The van der Waals surface area contributed by atoms with E-state index in [9.17, 15) is 4.79 Å². The van der Waals surface area contributed by atoms with E-state index in [0.29, 0.717) is 21.5 Å². The third kappa shape index (κ3) is 2.80. The minimum Gasteiger partial charge on any atom is -0.325 e. The Kier molecular flexibility index (Phi) is 4.19. The van der Waals surface area contributed by atoms with E-state index in [1.807, 2.05) is 18.2 Å². The van der Waals surface area contributed by atoms with Crippen LogP contribution in [-0.2, 0) is 11.2 Å². The fraction of sp³-hybridized carbons (Fsp3) is 0.133. The van der Waals surface area contributed by atoms with Crippen LogP contribution in [0.25, 0.3) is 0 Å². The fourth-order valence-electron chi connectivity index (χ4n) is 2.35. The molecule has 21 heavy (non-hydrogen) atoms. The summed E-state index contributed by atoms with van der Waals surface area (Å²) < 4.78 is 0. The number of carbonyl (C=O) groups is 1. The van der Waals surface area contributed by atoms with Crippen molar-refractivity contribution in [1.29, 1.82) is 0 Å². The van der Waals surface area contributed by atoms with Gasteiger partial charge < -0.3 is 5.32 Å². The topological polar surface area (TPSA) is 29.1 Å². The van der Waals surface area contributed by atoms with Gasteiger partial charge in [-0.25, -0.2) is 0 Å². The molecule has 0 aromatic heterocycles. The molecule has 1 N–H and O–H groups in total. The number of carbonyl (C=O) groups excluding carboxylic acids is 1. The van der Waals surface area contributed by atoms with E-state index in [-0.39, 0.29) is 10.7 Å². The maximum atomic E-state index is 11.5. The highest BCUT2D eigenvalue weighted by Gasteiger charge is 2.24. The van der Waals surface area contributed by atoms with E-state index in [1.54, 1.807) is 12.1 Å². The fourth-order valence-corrected chi connectivity index (χ4v) is 4.06. The molecule has 1 amide bonds. The highest BCUT2D eigenvalue weighted by atomic mass is 79.9. The van der Waals surface area contributed by atoms with Crippen LogP contribution in [-0.4, -0.2) is 5.91 Å². The Labute approximate surface area is 145 Å². The summed E-state index contributed by atoms with van der Waals surface area (Å²) in [4.78, 5) is 11.3. The van der Waals surface area contributed by atoms with Gasteiger partial charge in [0.15, 0.2) is 0 Å².